The molecule has 2 aromatic carbocycles. The van der Waals surface area contributed by atoms with Crippen LogP contribution in [0.25, 0.3) is 6.08 Å². The predicted octanol–water partition coefficient (Wildman–Crippen LogP) is 3.35. The molecule has 0 aliphatic carbocycles. The van der Waals surface area contributed by atoms with Crippen LogP contribution in [-0.2, 0) is 0 Å². The normalized spacial score (nSPS) is 12.1. The van der Waals surface area contributed by atoms with Crippen molar-refractivity contribution in [1.29, 1.82) is 0 Å². The zero-order chi connectivity index (χ0) is 19.4. The van der Waals surface area contributed by atoms with Crippen LogP contribution in [0, 0.1) is 0 Å². The summed E-state index contributed by atoms with van der Waals surface area (Å²) in [6, 6.07) is 6.68. The molecule has 7 heteroatoms. The number of benzene rings is 2. The Balaban J connectivity index is 1.94. The van der Waals surface area contributed by atoms with Crippen LogP contribution in [0.2, 0.25) is 0 Å². The predicted molar refractivity (Wildman–Crippen MR) is 98.6 cm³/mol. The molecule has 1 aliphatic rings. The van der Waals surface area contributed by atoms with Crippen LogP contribution in [0.4, 0.5) is 0 Å². The molecule has 0 unspecified atom stereocenters. The van der Waals surface area contributed by atoms with E-state index in [4.69, 9.17) is 28.4 Å². The van der Waals surface area contributed by atoms with E-state index in [1.807, 2.05) is 0 Å². The largest absolute Gasteiger partial charge is 0.496 e. The van der Waals surface area contributed by atoms with Gasteiger partial charge in [0.1, 0.15) is 11.5 Å². The van der Waals surface area contributed by atoms with Gasteiger partial charge in [-0.1, -0.05) is 0 Å². The highest BCUT2D eigenvalue weighted by Gasteiger charge is 2.18. The summed E-state index contributed by atoms with van der Waals surface area (Å²) >= 11 is 0. The van der Waals surface area contributed by atoms with Crippen molar-refractivity contribution < 1.29 is 33.2 Å². The quantitative estimate of drug-likeness (QED) is 0.545. The van der Waals surface area contributed by atoms with Crippen LogP contribution in [0.1, 0.15) is 15.9 Å². The zero-order valence-electron chi connectivity index (χ0n) is 15.5. The molecule has 3 rings (SSSR count). The first kappa shape index (κ1) is 18.4. The summed E-state index contributed by atoms with van der Waals surface area (Å²) in [5, 5.41) is 0. The number of hydrogen-bond acceptors (Lipinski definition) is 7. The van der Waals surface area contributed by atoms with E-state index < -0.39 is 0 Å². The summed E-state index contributed by atoms with van der Waals surface area (Å²) in [4.78, 5) is 12.7. The molecule has 27 heavy (non-hydrogen) atoms. The van der Waals surface area contributed by atoms with E-state index in [2.05, 4.69) is 0 Å². The third-order valence-corrected chi connectivity index (χ3v) is 4.11. The summed E-state index contributed by atoms with van der Waals surface area (Å²) in [5.74, 6) is 2.83. The van der Waals surface area contributed by atoms with Gasteiger partial charge in [0.05, 0.1) is 34.0 Å². The molecule has 0 spiro atoms. The lowest BCUT2D eigenvalue weighted by Crippen LogP contribution is -2.01. The van der Waals surface area contributed by atoms with Crippen LogP contribution in [0.3, 0.4) is 0 Å². The van der Waals surface area contributed by atoms with Gasteiger partial charge in [0.2, 0.25) is 6.79 Å². The first-order valence-electron chi connectivity index (χ1n) is 8.11. The van der Waals surface area contributed by atoms with Crippen LogP contribution < -0.4 is 28.4 Å². The summed E-state index contributed by atoms with van der Waals surface area (Å²) in [6.07, 6.45) is 3.09. The number of ether oxygens (including phenoxy) is 6. The number of methoxy groups -OCH3 is 4. The van der Waals surface area contributed by atoms with Gasteiger partial charge in [0.25, 0.3) is 0 Å². The molecule has 0 fully saturated rings. The van der Waals surface area contributed by atoms with E-state index in [0.717, 1.165) is 0 Å². The molecule has 0 bridgehead atoms. The Bertz CT molecular complexity index is 886. The molecule has 0 aromatic heterocycles. The fourth-order valence-corrected chi connectivity index (χ4v) is 2.72. The van der Waals surface area contributed by atoms with Crippen molar-refractivity contribution in [3.63, 3.8) is 0 Å². The van der Waals surface area contributed by atoms with Crippen molar-refractivity contribution in [2.45, 2.75) is 0 Å². The van der Waals surface area contributed by atoms with Gasteiger partial charge in [-0.15, -0.1) is 0 Å². The molecule has 1 aliphatic heterocycles. The average Bonchev–Trinajstić information content (AvgIpc) is 3.17. The zero-order valence-corrected chi connectivity index (χ0v) is 15.5. The maximum atomic E-state index is 12.7. The highest BCUT2D eigenvalue weighted by molar-refractivity contribution is 6.09. The SMILES string of the molecule is COc1cc2c(cc1C=CC(=O)c1cc(OC)c(OC)cc1OC)OCO2. The maximum Gasteiger partial charge on any atom is 0.231 e. The van der Waals surface area contributed by atoms with Crippen LogP contribution in [-0.4, -0.2) is 41.0 Å². The van der Waals surface area contributed by atoms with Crippen LogP contribution in [0.5, 0.6) is 34.5 Å². The molecule has 7 nitrogen and oxygen atoms in total. The van der Waals surface area contributed by atoms with E-state index in [-0.39, 0.29) is 12.6 Å². The highest BCUT2D eigenvalue weighted by atomic mass is 16.7. The van der Waals surface area contributed by atoms with Gasteiger partial charge in [0, 0.05) is 17.7 Å². The van der Waals surface area contributed by atoms with Gasteiger partial charge in [-0.3, -0.25) is 4.79 Å². The van der Waals surface area contributed by atoms with Crippen molar-refractivity contribution >= 4 is 11.9 Å². The minimum atomic E-state index is -0.257. The van der Waals surface area contributed by atoms with Crippen LogP contribution >= 0.6 is 0 Å². The first-order valence-corrected chi connectivity index (χ1v) is 8.11. The molecule has 1 heterocycles. The average molecular weight is 372 g/mol. The second kappa shape index (κ2) is 7.90. The maximum absolute atomic E-state index is 12.7. The third kappa shape index (κ3) is 3.62. The van der Waals surface area contributed by atoms with E-state index in [0.29, 0.717) is 45.6 Å². The van der Waals surface area contributed by atoms with E-state index in [1.165, 1.54) is 27.4 Å². The van der Waals surface area contributed by atoms with E-state index in [9.17, 15) is 4.79 Å². The van der Waals surface area contributed by atoms with Crippen molar-refractivity contribution in [1.82, 2.24) is 0 Å². The van der Waals surface area contributed by atoms with Crippen molar-refractivity contribution in [3.05, 3.63) is 41.5 Å². The molecule has 0 amide bonds. The Hall–Kier alpha value is -3.35. The van der Waals surface area contributed by atoms with Gasteiger partial charge >= 0.3 is 0 Å². The Morgan fingerprint density at radius 1 is 0.815 bits per heavy atom. The molecule has 142 valence electrons. The minimum Gasteiger partial charge on any atom is -0.496 e. The number of rotatable bonds is 7. The van der Waals surface area contributed by atoms with E-state index in [1.54, 1.807) is 37.5 Å². The Morgan fingerprint density at radius 3 is 2.04 bits per heavy atom. The number of carbonyl (C=O) groups excluding carboxylic acids is 1. The summed E-state index contributed by atoms with van der Waals surface area (Å²) < 4.78 is 31.9. The Morgan fingerprint density at radius 2 is 1.41 bits per heavy atom. The van der Waals surface area contributed by atoms with Crippen LogP contribution in [0.15, 0.2) is 30.3 Å². The highest BCUT2D eigenvalue weighted by Crippen LogP contribution is 2.39. The second-order valence-electron chi connectivity index (χ2n) is 5.55. The van der Waals surface area contributed by atoms with Gasteiger partial charge < -0.3 is 28.4 Å². The van der Waals surface area contributed by atoms with Gasteiger partial charge in [-0.2, -0.15) is 0 Å². The number of fused-ring (bicyclic) bond motifs is 1. The first-order chi connectivity index (χ1) is 13.1. The number of ketones is 1. The minimum absolute atomic E-state index is 0.160. The number of carbonyl (C=O) groups is 1. The molecule has 2 aromatic rings. The lowest BCUT2D eigenvalue weighted by molar-refractivity contribution is 0.104. The van der Waals surface area contributed by atoms with E-state index >= 15 is 0 Å². The Kier molecular flexibility index (Phi) is 5.40. The number of hydrogen-bond donors (Lipinski definition) is 0. The van der Waals surface area contributed by atoms with Gasteiger partial charge in [-0.05, 0) is 24.3 Å². The second-order valence-corrected chi connectivity index (χ2v) is 5.55. The molecule has 0 saturated heterocycles. The third-order valence-electron chi connectivity index (χ3n) is 4.11. The molecule has 0 saturated carbocycles. The summed E-state index contributed by atoms with van der Waals surface area (Å²) in [5.41, 5.74) is 1.04. The molecule has 0 N–H and O–H groups in total. The number of allylic oxidation sites excluding steroid dienone is 1. The molecule has 0 radical (unpaired) electrons. The smallest absolute Gasteiger partial charge is 0.231 e. The summed E-state index contributed by atoms with van der Waals surface area (Å²) in [7, 11) is 6.06. The topological polar surface area (TPSA) is 72.5 Å². The van der Waals surface area contributed by atoms with Gasteiger partial charge in [-0.25, -0.2) is 0 Å². The van der Waals surface area contributed by atoms with Gasteiger partial charge in [0.15, 0.2) is 28.8 Å². The Labute approximate surface area is 157 Å². The van der Waals surface area contributed by atoms with Crippen molar-refractivity contribution in [2.75, 3.05) is 35.2 Å². The molecular formula is C20H20O7. The summed E-state index contributed by atoms with van der Waals surface area (Å²) in [6.45, 7) is 0.160. The van der Waals surface area contributed by atoms with Crippen molar-refractivity contribution in [3.8, 4) is 34.5 Å². The standard InChI is InChI=1S/C20H20O7/c1-22-15-9-20-19(26-11-27-20)7-12(15)5-6-14(21)13-8-17(24-3)18(25-4)10-16(13)23-2/h5-10H,11H2,1-4H3. The monoisotopic (exact) mass is 372 g/mol. The fraction of sp³-hybridized carbons (Fsp3) is 0.250. The molecule has 0 atom stereocenters. The molecular weight excluding hydrogens is 352 g/mol. The lowest BCUT2D eigenvalue weighted by Gasteiger charge is -2.12. The fourth-order valence-electron chi connectivity index (χ4n) is 2.72. The van der Waals surface area contributed by atoms with Crippen molar-refractivity contribution in [2.24, 2.45) is 0 Å². The lowest BCUT2D eigenvalue weighted by atomic mass is 10.1.